The van der Waals surface area contributed by atoms with Crippen LogP contribution in [0.3, 0.4) is 0 Å². The number of allylic oxidation sites excluding steroid dienone is 2. The third kappa shape index (κ3) is 5.79. The van der Waals surface area contributed by atoms with Crippen molar-refractivity contribution in [3.8, 4) is 0 Å². The Morgan fingerprint density at radius 2 is 1.66 bits per heavy atom. The Morgan fingerprint density at radius 3 is 2.41 bits per heavy atom. The van der Waals surface area contributed by atoms with Crippen LogP contribution in [0.25, 0.3) is 37.8 Å². The number of unbranched alkanes of at least 4 members (excludes halogenated alkanes) is 1. The topological polar surface area (TPSA) is 61.5 Å². The molecule has 0 bridgehead atoms. The van der Waals surface area contributed by atoms with Crippen LogP contribution in [0.4, 0.5) is 5.69 Å². The van der Waals surface area contributed by atoms with Crippen LogP contribution in [0.1, 0.15) is 38.1 Å². The van der Waals surface area contributed by atoms with E-state index in [2.05, 4.69) is 96.1 Å². The van der Waals surface area contributed by atoms with E-state index in [0.29, 0.717) is 13.0 Å². The average Bonchev–Trinajstić information content (AvgIpc) is 3.48. The lowest BCUT2D eigenvalue weighted by molar-refractivity contribution is -0.667. The van der Waals surface area contributed by atoms with Crippen LogP contribution < -0.4 is 9.47 Å². The quantitative estimate of drug-likeness (QED) is 0.136. The maximum atomic E-state index is 11.5. The summed E-state index contributed by atoms with van der Waals surface area (Å²) in [5.74, 6) is -0.260. The Kier molecular flexibility index (Phi) is 7.92. The van der Waals surface area contributed by atoms with Gasteiger partial charge in [0, 0.05) is 29.3 Å². The number of aryl methyl sites for hydroxylation is 1. The lowest BCUT2D eigenvalue weighted by atomic mass is 10.1. The number of hydrogen-bond donors (Lipinski definition) is 1. The summed E-state index contributed by atoms with van der Waals surface area (Å²) in [6.45, 7) is 5.83. The second kappa shape index (κ2) is 11.6. The Morgan fingerprint density at radius 1 is 0.951 bits per heavy atom. The summed E-state index contributed by atoms with van der Waals surface area (Å²) in [4.78, 5) is 3.76. The second-order valence-corrected chi connectivity index (χ2v) is 14.2. The van der Waals surface area contributed by atoms with E-state index in [9.17, 15) is 13.0 Å². The lowest BCUT2D eigenvalue weighted by Gasteiger charge is -2.22. The van der Waals surface area contributed by atoms with E-state index in [-0.39, 0.29) is 5.75 Å². The highest BCUT2D eigenvalue weighted by Gasteiger charge is 2.27. The first-order chi connectivity index (χ1) is 19.8. The maximum absolute atomic E-state index is 11.5. The van der Waals surface area contributed by atoms with E-state index in [1.807, 2.05) is 23.9 Å². The molecule has 8 heteroatoms. The average molecular weight is 602 g/mol. The summed E-state index contributed by atoms with van der Waals surface area (Å²) in [6.07, 6.45) is 7.06. The largest absolute Gasteiger partial charge is 0.335 e. The molecule has 0 saturated carbocycles. The van der Waals surface area contributed by atoms with Crippen LogP contribution in [0, 0.1) is 0 Å². The van der Waals surface area contributed by atoms with Crippen LogP contribution in [-0.4, -0.2) is 25.3 Å². The van der Waals surface area contributed by atoms with Gasteiger partial charge in [-0.3, -0.25) is 4.55 Å². The summed E-state index contributed by atoms with van der Waals surface area (Å²) >= 11 is 3.54. The number of benzene rings is 4. The van der Waals surface area contributed by atoms with Gasteiger partial charge in [-0.05, 0) is 54.0 Å². The molecule has 0 unspecified atom stereocenters. The molecule has 0 aliphatic carbocycles. The highest BCUT2D eigenvalue weighted by atomic mass is 32.2. The molecule has 6 rings (SSSR count). The molecule has 0 spiro atoms. The van der Waals surface area contributed by atoms with Gasteiger partial charge in [-0.2, -0.15) is 13.0 Å². The monoisotopic (exact) mass is 601 g/mol. The molecular formula is C33H33N2O3S3+. The molecule has 0 amide bonds. The van der Waals surface area contributed by atoms with Gasteiger partial charge in [0.25, 0.3) is 15.1 Å². The third-order valence-electron chi connectivity index (χ3n) is 7.45. The predicted octanol–water partition coefficient (Wildman–Crippen LogP) is 8.43. The third-order valence-corrected chi connectivity index (χ3v) is 10.4. The first-order valence-electron chi connectivity index (χ1n) is 14.0. The van der Waals surface area contributed by atoms with Crippen molar-refractivity contribution < 1.29 is 17.5 Å². The standard InChI is InChI=1S/C33H32N2O3S3/c1-3-4-18-34-30(39-28-16-14-24-10-5-7-12-26(24)32(28)34)21-23(2)22-31-35(19-9-20-41(36,37)38)33-27-13-8-6-11-25(27)15-17-29(33)40-31/h5-8,10-17,21-22H,3-4,9,18-20H2,1-2H3/p+1. The van der Waals surface area contributed by atoms with Crippen LogP contribution in [0.5, 0.6) is 0 Å². The number of rotatable bonds is 9. The molecule has 1 aliphatic rings. The fourth-order valence-corrected chi connectivity index (χ4v) is 8.48. The molecule has 4 aromatic carbocycles. The van der Waals surface area contributed by atoms with E-state index in [1.54, 1.807) is 11.3 Å². The summed E-state index contributed by atoms with van der Waals surface area (Å²) in [5, 5.41) is 7.12. The zero-order valence-electron chi connectivity index (χ0n) is 23.2. The molecule has 0 saturated heterocycles. The van der Waals surface area contributed by atoms with Gasteiger partial charge >= 0.3 is 0 Å². The second-order valence-electron chi connectivity index (χ2n) is 10.5. The summed E-state index contributed by atoms with van der Waals surface area (Å²) < 4.78 is 35.7. The van der Waals surface area contributed by atoms with Crippen molar-refractivity contribution in [2.24, 2.45) is 0 Å². The van der Waals surface area contributed by atoms with Gasteiger partial charge in [-0.15, -0.1) is 0 Å². The molecular weight excluding hydrogens is 569 g/mol. The van der Waals surface area contributed by atoms with E-state index < -0.39 is 10.1 Å². The zero-order chi connectivity index (χ0) is 28.6. The highest BCUT2D eigenvalue weighted by molar-refractivity contribution is 8.03. The highest BCUT2D eigenvalue weighted by Crippen LogP contribution is 2.50. The molecule has 5 aromatic rings. The van der Waals surface area contributed by atoms with Gasteiger partial charge in [0.05, 0.1) is 21.9 Å². The van der Waals surface area contributed by atoms with Gasteiger partial charge in [-0.25, -0.2) is 0 Å². The Labute approximate surface area is 249 Å². The Hall–Kier alpha value is -3.17. The maximum Gasteiger partial charge on any atom is 0.265 e. The van der Waals surface area contributed by atoms with Crippen molar-refractivity contribution in [2.75, 3.05) is 17.2 Å². The van der Waals surface area contributed by atoms with E-state index in [4.69, 9.17) is 0 Å². The van der Waals surface area contributed by atoms with Gasteiger partial charge < -0.3 is 4.90 Å². The molecule has 210 valence electrons. The number of nitrogens with zero attached hydrogens (tertiary/aromatic N) is 2. The number of hydrogen-bond acceptors (Lipinski definition) is 5. The fraction of sp³-hybridized carbons (Fsp3) is 0.242. The lowest BCUT2D eigenvalue weighted by Crippen LogP contribution is -2.36. The van der Waals surface area contributed by atoms with Gasteiger partial charge in [-0.1, -0.05) is 91.0 Å². The molecule has 5 nitrogen and oxygen atoms in total. The van der Waals surface area contributed by atoms with E-state index >= 15 is 0 Å². The van der Waals surface area contributed by atoms with Crippen molar-refractivity contribution in [2.45, 2.75) is 44.6 Å². The first-order valence-corrected chi connectivity index (χ1v) is 17.2. The van der Waals surface area contributed by atoms with Crippen LogP contribution >= 0.6 is 23.1 Å². The van der Waals surface area contributed by atoms with Crippen molar-refractivity contribution >= 4 is 76.7 Å². The predicted molar refractivity (Wildman–Crippen MR) is 174 cm³/mol. The van der Waals surface area contributed by atoms with Crippen LogP contribution in [0.2, 0.25) is 0 Å². The Balaban J connectivity index is 1.42. The van der Waals surface area contributed by atoms with Crippen LogP contribution in [0.15, 0.2) is 94.4 Å². The minimum absolute atomic E-state index is 0.260. The molecule has 0 atom stereocenters. The number of anilines is 1. The molecule has 2 heterocycles. The molecule has 1 aromatic heterocycles. The van der Waals surface area contributed by atoms with Crippen molar-refractivity contribution in [3.63, 3.8) is 0 Å². The summed E-state index contributed by atoms with van der Waals surface area (Å²) in [7, 11) is -4.02. The molecule has 0 fully saturated rings. The van der Waals surface area contributed by atoms with Gasteiger partial charge in [0.1, 0.15) is 4.70 Å². The van der Waals surface area contributed by atoms with Crippen LogP contribution in [-0.2, 0) is 16.7 Å². The normalized spacial score (nSPS) is 15.0. The number of aromatic nitrogens is 1. The number of thioether (sulfide) groups is 1. The number of thiazole rings is 1. The minimum Gasteiger partial charge on any atom is -0.335 e. The van der Waals surface area contributed by atoms with Crippen molar-refractivity contribution in [1.82, 2.24) is 0 Å². The zero-order valence-corrected chi connectivity index (χ0v) is 25.7. The SMILES string of the molecule is CCCCN1C(=CC(C)=Cc2sc3ccc4ccccc4c3[n+]2CCCS(=O)(=O)O)Sc2ccc3ccccc3c21. The van der Waals surface area contributed by atoms with Gasteiger partial charge in [0.2, 0.25) is 5.52 Å². The van der Waals surface area contributed by atoms with Crippen molar-refractivity contribution in [1.29, 1.82) is 0 Å². The van der Waals surface area contributed by atoms with E-state index in [1.165, 1.54) is 26.4 Å². The molecule has 41 heavy (non-hydrogen) atoms. The van der Waals surface area contributed by atoms with E-state index in [0.717, 1.165) is 51.0 Å². The van der Waals surface area contributed by atoms with Gasteiger partial charge in [0.15, 0.2) is 6.54 Å². The summed E-state index contributed by atoms with van der Waals surface area (Å²) in [6, 6.07) is 25.6. The fourth-order valence-electron chi connectivity index (χ4n) is 5.56. The molecule has 1 aliphatic heterocycles. The molecule has 0 radical (unpaired) electrons. The Bertz CT molecular complexity index is 1940. The number of fused-ring (bicyclic) bond motifs is 6. The minimum atomic E-state index is -4.02. The molecule has 1 N–H and O–H groups in total. The van der Waals surface area contributed by atoms with Crippen molar-refractivity contribution in [3.05, 3.63) is 94.5 Å². The summed E-state index contributed by atoms with van der Waals surface area (Å²) in [5.41, 5.74) is 3.54. The first kappa shape index (κ1) is 28.0. The smallest absolute Gasteiger partial charge is 0.265 e.